The normalized spacial score (nSPS) is 11.2. The Balaban J connectivity index is 2.60. The SMILES string of the molecule is Cc1cc(C(=O)NCC(C)(C)CO)ccn1. The van der Waals surface area contributed by atoms with Gasteiger partial charge >= 0.3 is 0 Å². The summed E-state index contributed by atoms with van der Waals surface area (Å²) in [6.45, 7) is 6.12. The zero-order chi connectivity index (χ0) is 12.2. The highest BCUT2D eigenvalue weighted by Crippen LogP contribution is 2.11. The number of hydrogen-bond acceptors (Lipinski definition) is 3. The van der Waals surface area contributed by atoms with E-state index in [1.54, 1.807) is 18.3 Å². The molecule has 0 aliphatic rings. The smallest absolute Gasteiger partial charge is 0.251 e. The molecule has 0 atom stereocenters. The van der Waals surface area contributed by atoms with E-state index in [2.05, 4.69) is 10.3 Å². The van der Waals surface area contributed by atoms with Crippen molar-refractivity contribution in [1.29, 1.82) is 0 Å². The number of aliphatic hydroxyl groups is 1. The standard InChI is InChI=1S/C12H18N2O2/c1-9-6-10(4-5-13-9)11(16)14-7-12(2,3)8-15/h4-6,15H,7-8H2,1-3H3,(H,14,16). The number of hydrogen-bond donors (Lipinski definition) is 2. The molecule has 2 N–H and O–H groups in total. The van der Waals surface area contributed by atoms with Crippen molar-refractivity contribution in [1.82, 2.24) is 10.3 Å². The van der Waals surface area contributed by atoms with Crippen LogP contribution in [0.25, 0.3) is 0 Å². The van der Waals surface area contributed by atoms with Crippen LogP contribution >= 0.6 is 0 Å². The summed E-state index contributed by atoms with van der Waals surface area (Å²) in [5.74, 6) is -0.132. The van der Waals surface area contributed by atoms with Crippen LogP contribution < -0.4 is 5.32 Å². The van der Waals surface area contributed by atoms with Gasteiger partial charge in [-0.2, -0.15) is 0 Å². The topological polar surface area (TPSA) is 62.2 Å². The lowest BCUT2D eigenvalue weighted by Crippen LogP contribution is -2.36. The highest BCUT2D eigenvalue weighted by molar-refractivity contribution is 5.94. The maximum atomic E-state index is 11.7. The summed E-state index contributed by atoms with van der Waals surface area (Å²) in [6, 6.07) is 3.41. The van der Waals surface area contributed by atoms with Crippen LogP contribution in [0, 0.1) is 12.3 Å². The molecule has 4 heteroatoms. The second-order valence-corrected chi connectivity index (χ2v) is 4.69. The Morgan fingerprint density at radius 1 is 1.56 bits per heavy atom. The summed E-state index contributed by atoms with van der Waals surface area (Å²) in [5, 5.41) is 11.9. The van der Waals surface area contributed by atoms with Crippen molar-refractivity contribution >= 4 is 5.91 Å². The van der Waals surface area contributed by atoms with Crippen molar-refractivity contribution in [2.75, 3.05) is 13.2 Å². The first-order chi connectivity index (χ1) is 7.44. The van der Waals surface area contributed by atoms with Crippen LogP contribution in [0.5, 0.6) is 0 Å². The van der Waals surface area contributed by atoms with Crippen molar-refractivity contribution in [2.45, 2.75) is 20.8 Å². The van der Waals surface area contributed by atoms with E-state index in [0.717, 1.165) is 5.69 Å². The van der Waals surface area contributed by atoms with Gasteiger partial charge in [0.1, 0.15) is 0 Å². The number of nitrogens with zero attached hydrogens (tertiary/aromatic N) is 1. The third-order valence-corrected chi connectivity index (χ3v) is 2.31. The Labute approximate surface area is 95.7 Å². The van der Waals surface area contributed by atoms with Gasteiger partial charge in [-0.05, 0) is 19.1 Å². The highest BCUT2D eigenvalue weighted by atomic mass is 16.3. The van der Waals surface area contributed by atoms with Gasteiger partial charge in [0.2, 0.25) is 0 Å². The molecule has 0 saturated heterocycles. The third kappa shape index (κ3) is 3.62. The maximum absolute atomic E-state index is 11.7. The molecule has 0 fully saturated rings. The average Bonchev–Trinajstić information content (AvgIpc) is 2.26. The molecule has 1 aromatic rings. The van der Waals surface area contributed by atoms with Crippen LogP contribution in [0.3, 0.4) is 0 Å². The second-order valence-electron chi connectivity index (χ2n) is 4.69. The average molecular weight is 222 g/mol. The van der Waals surface area contributed by atoms with Crippen molar-refractivity contribution in [3.05, 3.63) is 29.6 Å². The Bertz CT molecular complexity index is 375. The lowest BCUT2D eigenvalue weighted by Gasteiger charge is -2.21. The van der Waals surface area contributed by atoms with E-state index in [9.17, 15) is 4.79 Å². The van der Waals surface area contributed by atoms with Crippen LogP contribution in [0.1, 0.15) is 29.9 Å². The number of aliphatic hydroxyl groups excluding tert-OH is 1. The van der Waals surface area contributed by atoms with Gasteiger partial charge in [0, 0.05) is 36.0 Å². The first-order valence-corrected chi connectivity index (χ1v) is 5.26. The number of aromatic nitrogens is 1. The summed E-state index contributed by atoms with van der Waals surface area (Å²) >= 11 is 0. The molecule has 0 aliphatic heterocycles. The minimum atomic E-state index is -0.294. The Morgan fingerprint density at radius 3 is 2.81 bits per heavy atom. The number of amides is 1. The van der Waals surface area contributed by atoms with E-state index in [0.29, 0.717) is 12.1 Å². The van der Waals surface area contributed by atoms with E-state index in [-0.39, 0.29) is 17.9 Å². The summed E-state index contributed by atoms with van der Waals surface area (Å²) in [5.41, 5.74) is 1.12. The minimum absolute atomic E-state index is 0.0443. The second kappa shape index (κ2) is 5.07. The Hall–Kier alpha value is -1.42. The zero-order valence-electron chi connectivity index (χ0n) is 9.95. The van der Waals surface area contributed by atoms with Crippen LogP contribution in [-0.4, -0.2) is 29.1 Å². The zero-order valence-corrected chi connectivity index (χ0v) is 9.95. The molecule has 16 heavy (non-hydrogen) atoms. The molecule has 4 nitrogen and oxygen atoms in total. The molecule has 1 rings (SSSR count). The van der Waals surface area contributed by atoms with Crippen LogP contribution in [0.15, 0.2) is 18.3 Å². The summed E-state index contributed by atoms with van der Waals surface area (Å²) in [7, 11) is 0. The number of carbonyl (C=O) groups is 1. The van der Waals surface area contributed by atoms with Crippen molar-refractivity contribution < 1.29 is 9.90 Å². The molecule has 0 saturated carbocycles. The number of pyridine rings is 1. The first-order valence-electron chi connectivity index (χ1n) is 5.26. The predicted molar refractivity (Wildman–Crippen MR) is 62.2 cm³/mol. The van der Waals surface area contributed by atoms with Crippen LogP contribution in [-0.2, 0) is 0 Å². The van der Waals surface area contributed by atoms with Gasteiger partial charge in [0.15, 0.2) is 0 Å². The largest absolute Gasteiger partial charge is 0.396 e. The molecule has 0 aromatic carbocycles. The molecule has 1 aromatic heterocycles. The molecule has 88 valence electrons. The molecule has 0 aliphatic carbocycles. The molecular formula is C12H18N2O2. The van der Waals surface area contributed by atoms with E-state index >= 15 is 0 Å². The number of aryl methyl sites for hydroxylation is 1. The Kier molecular flexibility index (Phi) is 4.01. The van der Waals surface area contributed by atoms with E-state index in [1.165, 1.54) is 0 Å². The lowest BCUT2D eigenvalue weighted by atomic mass is 9.95. The van der Waals surface area contributed by atoms with Gasteiger partial charge < -0.3 is 10.4 Å². The molecule has 0 spiro atoms. The predicted octanol–water partition coefficient (Wildman–Crippen LogP) is 1.14. The van der Waals surface area contributed by atoms with Crippen molar-refractivity contribution in [3.63, 3.8) is 0 Å². The summed E-state index contributed by atoms with van der Waals surface area (Å²) in [6.07, 6.45) is 1.61. The van der Waals surface area contributed by atoms with Gasteiger partial charge in [0.25, 0.3) is 5.91 Å². The highest BCUT2D eigenvalue weighted by Gasteiger charge is 2.17. The molecule has 0 bridgehead atoms. The fourth-order valence-electron chi connectivity index (χ4n) is 1.16. The lowest BCUT2D eigenvalue weighted by molar-refractivity contribution is 0.0911. The monoisotopic (exact) mass is 222 g/mol. The minimum Gasteiger partial charge on any atom is -0.396 e. The van der Waals surface area contributed by atoms with Gasteiger partial charge in [0.05, 0.1) is 0 Å². The van der Waals surface area contributed by atoms with Crippen molar-refractivity contribution in [3.8, 4) is 0 Å². The van der Waals surface area contributed by atoms with Crippen molar-refractivity contribution in [2.24, 2.45) is 5.41 Å². The van der Waals surface area contributed by atoms with E-state index in [4.69, 9.17) is 5.11 Å². The van der Waals surface area contributed by atoms with Crippen LogP contribution in [0.4, 0.5) is 0 Å². The van der Waals surface area contributed by atoms with Gasteiger partial charge in [-0.15, -0.1) is 0 Å². The van der Waals surface area contributed by atoms with Gasteiger partial charge in [-0.3, -0.25) is 9.78 Å². The number of rotatable bonds is 4. The van der Waals surface area contributed by atoms with Gasteiger partial charge in [-0.1, -0.05) is 13.8 Å². The number of carbonyl (C=O) groups excluding carboxylic acids is 1. The molecular weight excluding hydrogens is 204 g/mol. The third-order valence-electron chi connectivity index (χ3n) is 2.31. The number of nitrogens with one attached hydrogen (secondary N) is 1. The maximum Gasteiger partial charge on any atom is 0.251 e. The molecule has 1 amide bonds. The van der Waals surface area contributed by atoms with Gasteiger partial charge in [-0.25, -0.2) is 0 Å². The molecule has 0 unspecified atom stereocenters. The molecule has 0 radical (unpaired) electrons. The molecule has 1 heterocycles. The Morgan fingerprint density at radius 2 is 2.25 bits per heavy atom. The van der Waals surface area contributed by atoms with E-state index < -0.39 is 0 Å². The first kappa shape index (κ1) is 12.6. The van der Waals surface area contributed by atoms with Crippen LogP contribution in [0.2, 0.25) is 0 Å². The quantitative estimate of drug-likeness (QED) is 0.803. The summed E-state index contributed by atoms with van der Waals surface area (Å²) in [4.78, 5) is 15.8. The fourth-order valence-corrected chi connectivity index (χ4v) is 1.16. The summed E-state index contributed by atoms with van der Waals surface area (Å²) < 4.78 is 0. The van der Waals surface area contributed by atoms with E-state index in [1.807, 2.05) is 20.8 Å². The fraction of sp³-hybridized carbons (Fsp3) is 0.500.